The first-order valence-corrected chi connectivity index (χ1v) is 12.0. The summed E-state index contributed by atoms with van der Waals surface area (Å²) >= 11 is 1.58. The highest BCUT2D eigenvalue weighted by molar-refractivity contribution is 7.99. The summed E-state index contributed by atoms with van der Waals surface area (Å²) < 4.78 is 4.94. The first-order valence-electron chi connectivity index (χ1n) is 11.1. The topological polar surface area (TPSA) is 93.0 Å². The fourth-order valence-electron chi connectivity index (χ4n) is 4.14. The minimum Gasteiger partial charge on any atom is -0.364 e. The molecule has 0 bridgehead atoms. The minimum atomic E-state index is 0.136. The van der Waals surface area contributed by atoms with Gasteiger partial charge in [0.1, 0.15) is 29.2 Å². The Bertz CT molecular complexity index is 1160. The summed E-state index contributed by atoms with van der Waals surface area (Å²) in [6.07, 6.45) is 4.03. The van der Waals surface area contributed by atoms with Crippen LogP contribution in [0.2, 0.25) is 0 Å². The van der Waals surface area contributed by atoms with Crippen molar-refractivity contribution in [3.05, 3.63) is 70.6 Å². The van der Waals surface area contributed by atoms with Gasteiger partial charge >= 0.3 is 0 Å². The summed E-state index contributed by atoms with van der Waals surface area (Å²) in [5, 5.41) is 24.6. The molecule has 1 atom stereocenters. The van der Waals surface area contributed by atoms with Crippen LogP contribution in [0.5, 0.6) is 0 Å². The summed E-state index contributed by atoms with van der Waals surface area (Å²) in [7, 11) is 0. The summed E-state index contributed by atoms with van der Waals surface area (Å²) in [6.45, 7) is 8.13. The summed E-state index contributed by atoms with van der Waals surface area (Å²) in [4.78, 5) is 9.43. The summed E-state index contributed by atoms with van der Waals surface area (Å²) in [5.74, 6) is 0.695. The van der Waals surface area contributed by atoms with Gasteiger partial charge in [-0.3, -0.25) is 4.90 Å². The van der Waals surface area contributed by atoms with Gasteiger partial charge in [-0.25, -0.2) is 4.98 Å². The van der Waals surface area contributed by atoms with Crippen LogP contribution in [0.15, 0.2) is 52.3 Å². The number of nitrogens with zero attached hydrogens (tertiary/aromatic N) is 6. The van der Waals surface area contributed by atoms with Crippen molar-refractivity contribution >= 4 is 17.6 Å². The van der Waals surface area contributed by atoms with E-state index < -0.39 is 0 Å². The van der Waals surface area contributed by atoms with E-state index in [1.807, 2.05) is 25.1 Å². The van der Waals surface area contributed by atoms with Crippen LogP contribution in [0.4, 0.5) is 5.82 Å². The van der Waals surface area contributed by atoms with Crippen molar-refractivity contribution in [1.82, 2.24) is 15.0 Å². The van der Waals surface area contributed by atoms with E-state index in [9.17, 15) is 10.5 Å². The molecule has 7 nitrogen and oxygen atoms in total. The van der Waals surface area contributed by atoms with Gasteiger partial charge in [-0.15, -0.1) is 0 Å². The number of anilines is 1. The van der Waals surface area contributed by atoms with Crippen LogP contribution >= 0.6 is 11.8 Å². The zero-order chi connectivity index (χ0) is 23.2. The molecular formula is C25H26N6OS. The highest BCUT2D eigenvalue weighted by atomic mass is 32.2. The number of thioether (sulfide) groups is 1. The number of piperazine rings is 1. The molecule has 1 aromatic carbocycles. The molecule has 33 heavy (non-hydrogen) atoms. The van der Waals surface area contributed by atoms with Crippen molar-refractivity contribution < 1.29 is 4.52 Å². The number of rotatable bonds is 7. The Morgan fingerprint density at radius 2 is 1.82 bits per heavy atom. The van der Waals surface area contributed by atoms with Crippen LogP contribution in [-0.4, -0.2) is 41.2 Å². The van der Waals surface area contributed by atoms with Crippen LogP contribution in [-0.2, 0) is 13.0 Å². The molecule has 0 N–H and O–H groups in total. The lowest BCUT2D eigenvalue weighted by atomic mass is 10.0. The zero-order valence-corrected chi connectivity index (χ0v) is 19.7. The maximum Gasteiger partial charge on any atom is 0.148 e. The first-order chi connectivity index (χ1) is 16.1. The van der Waals surface area contributed by atoms with E-state index in [1.54, 1.807) is 24.2 Å². The Hall–Kier alpha value is -3.33. The maximum absolute atomic E-state index is 9.99. The molecule has 1 aliphatic heterocycles. The van der Waals surface area contributed by atoms with Gasteiger partial charge in [0.25, 0.3) is 0 Å². The van der Waals surface area contributed by atoms with Crippen molar-refractivity contribution in [3.63, 3.8) is 0 Å². The number of aromatic nitrogens is 2. The second kappa shape index (κ2) is 10.5. The summed E-state index contributed by atoms with van der Waals surface area (Å²) in [5.41, 5.74) is 4.08. The SMILES string of the molecule is CCc1c(C#N)c(SC(C)c2ccccc2)nc(N2CCN(Cc3cnoc3)CC2)c1C#N. The molecule has 0 aliphatic carbocycles. The lowest BCUT2D eigenvalue weighted by Gasteiger charge is -2.36. The Balaban J connectivity index is 1.61. The molecule has 0 radical (unpaired) electrons. The molecule has 1 fully saturated rings. The first kappa shape index (κ1) is 22.8. The maximum atomic E-state index is 9.99. The van der Waals surface area contributed by atoms with Crippen LogP contribution in [0.3, 0.4) is 0 Å². The lowest BCUT2D eigenvalue weighted by Crippen LogP contribution is -2.46. The van der Waals surface area contributed by atoms with E-state index in [1.165, 1.54) is 5.56 Å². The largest absolute Gasteiger partial charge is 0.364 e. The molecule has 4 rings (SSSR count). The molecule has 0 saturated carbocycles. The molecule has 0 amide bonds. The van der Waals surface area contributed by atoms with Gasteiger partial charge in [0.15, 0.2) is 0 Å². The van der Waals surface area contributed by atoms with Crippen LogP contribution < -0.4 is 4.90 Å². The van der Waals surface area contributed by atoms with Gasteiger partial charge in [-0.1, -0.05) is 54.2 Å². The monoisotopic (exact) mass is 458 g/mol. The van der Waals surface area contributed by atoms with E-state index >= 15 is 0 Å². The van der Waals surface area contributed by atoms with Crippen molar-refractivity contribution in [3.8, 4) is 12.1 Å². The van der Waals surface area contributed by atoms with E-state index in [2.05, 4.69) is 46.2 Å². The van der Waals surface area contributed by atoms with Gasteiger partial charge in [-0.2, -0.15) is 10.5 Å². The van der Waals surface area contributed by atoms with Crippen molar-refractivity contribution in [2.24, 2.45) is 0 Å². The number of hydrogen-bond acceptors (Lipinski definition) is 8. The Morgan fingerprint density at radius 3 is 2.42 bits per heavy atom. The highest BCUT2D eigenvalue weighted by Gasteiger charge is 2.26. The third kappa shape index (κ3) is 5.03. The fourth-order valence-corrected chi connectivity index (χ4v) is 5.19. The van der Waals surface area contributed by atoms with Gasteiger partial charge in [0.2, 0.25) is 0 Å². The van der Waals surface area contributed by atoms with Crippen molar-refractivity contribution in [2.75, 3.05) is 31.1 Å². The molecule has 0 spiro atoms. The average Bonchev–Trinajstić information content (AvgIpc) is 3.37. The predicted molar refractivity (Wildman–Crippen MR) is 128 cm³/mol. The average molecular weight is 459 g/mol. The number of nitriles is 2. The van der Waals surface area contributed by atoms with Crippen molar-refractivity contribution in [2.45, 2.75) is 37.1 Å². The second-order valence-electron chi connectivity index (χ2n) is 8.01. The predicted octanol–water partition coefficient (Wildman–Crippen LogP) is 4.55. The molecule has 2 aromatic heterocycles. The minimum absolute atomic E-state index is 0.136. The van der Waals surface area contributed by atoms with E-state index in [-0.39, 0.29) is 5.25 Å². The molecule has 3 aromatic rings. The van der Waals surface area contributed by atoms with E-state index in [0.29, 0.717) is 28.4 Å². The molecular weight excluding hydrogens is 432 g/mol. The molecule has 1 saturated heterocycles. The molecule has 1 aliphatic rings. The zero-order valence-electron chi connectivity index (χ0n) is 18.9. The Kier molecular flexibility index (Phi) is 7.29. The molecule has 1 unspecified atom stereocenters. The standard InChI is InChI=1S/C25H26N6OS/c1-3-21-22(13-26)24(31-11-9-30(10-12-31)16-19-15-28-32-17-19)29-25(23(21)14-27)33-18(2)20-7-5-4-6-8-20/h4-8,15,17-18H,3,9-12,16H2,1-2H3. The normalized spacial score (nSPS) is 15.1. The van der Waals surface area contributed by atoms with Crippen LogP contribution in [0.25, 0.3) is 0 Å². The molecule has 168 valence electrons. The Labute approximate surface area is 198 Å². The quantitative estimate of drug-likeness (QED) is 0.476. The Morgan fingerprint density at radius 1 is 1.09 bits per heavy atom. The van der Waals surface area contributed by atoms with Gasteiger partial charge in [-0.05, 0) is 24.5 Å². The summed E-state index contributed by atoms with van der Waals surface area (Å²) in [6, 6.07) is 14.9. The fraction of sp³-hybridized carbons (Fsp3) is 0.360. The van der Waals surface area contributed by atoms with Gasteiger partial charge in [0, 0.05) is 43.5 Å². The van der Waals surface area contributed by atoms with Crippen LogP contribution in [0, 0.1) is 22.7 Å². The van der Waals surface area contributed by atoms with Gasteiger partial charge in [0.05, 0.1) is 17.3 Å². The van der Waals surface area contributed by atoms with Gasteiger partial charge < -0.3 is 9.42 Å². The highest BCUT2D eigenvalue weighted by Crippen LogP contribution is 2.39. The third-order valence-electron chi connectivity index (χ3n) is 5.94. The third-order valence-corrected chi connectivity index (χ3v) is 7.09. The smallest absolute Gasteiger partial charge is 0.148 e. The van der Waals surface area contributed by atoms with E-state index in [4.69, 9.17) is 9.51 Å². The van der Waals surface area contributed by atoms with Crippen LogP contribution in [0.1, 0.15) is 46.9 Å². The van der Waals surface area contributed by atoms with E-state index in [0.717, 1.165) is 43.9 Å². The lowest BCUT2D eigenvalue weighted by molar-refractivity contribution is 0.248. The molecule has 3 heterocycles. The number of pyridine rings is 1. The van der Waals surface area contributed by atoms with Crippen molar-refractivity contribution in [1.29, 1.82) is 10.5 Å². The number of hydrogen-bond donors (Lipinski definition) is 0. The second-order valence-corrected chi connectivity index (χ2v) is 9.34. The molecule has 8 heteroatoms. The number of benzene rings is 1.